The molecule has 0 spiro atoms. The van der Waals surface area contributed by atoms with Gasteiger partial charge < -0.3 is 19.7 Å². The molecule has 1 heterocycles. The summed E-state index contributed by atoms with van der Waals surface area (Å²) in [5.74, 6) is 1.13. The number of aliphatic hydroxyl groups excluding tert-OH is 1. The van der Waals surface area contributed by atoms with E-state index in [2.05, 4.69) is 0 Å². The van der Waals surface area contributed by atoms with Crippen LogP contribution in [0.1, 0.15) is 12.0 Å². The smallest absolute Gasteiger partial charge is 0.231 e. The van der Waals surface area contributed by atoms with Gasteiger partial charge in [-0.05, 0) is 24.5 Å². The Balaban J connectivity index is 2.26. The molecule has 0 atom stereocenters. The van der Waals surface area contributed by atoms with Gasteiger partial charge in [-0.25, -0.2) is 0 Å². The molecule has 0 radical (unpaired) electrons. The predicted octanol–water partition coefficient (Wildman–Crippen LogP) is 1.05. The Kier molecular flexibility index (Phi) is 2.45. The highest BCUT2D eigenvalue weighted by Gasteiger charge is 2.19. The average molecular weight is 196 g/mol. The number of benzene rings is 1. The first-order valence-corrected chi connectivity index (χ1v) is 4.54. The van der Waals surface area contributed by atoms with Crippen LogP contribution in [-0.4, -0.2) is 23.6 Å². The van der Waals surface area contributed by atoms with Crippen LogP contribution < -0.4 is 9.47 Å². The van der Waals surface area contributed by atoms with E-state index in [1.807, 2.05) is 0 Å². The number of phenolic OH excluding ortho intramolecular Hbond substituents is 1. The molecular formula is C10H12O4. The molecule has 4 nitrogen and oxygen atoms in total. The van der Waals surface area contributed by atoms with Gasteiger partial charge in [-0.2, -0.15) is 0 Å². The molecule has 1 aromatic rings. The summed E-state index contributed by atoms with van der Waals surface area (Å²) in [5, 5.41) is 18.4. The number of aliphatic hydroxyl groups is 1. The molecule has 1 aromatic carbocycles. The summed E-state index contributed by atoms with van der Waals surface area (Å²) >= 11 is 0. The van der Waals surface area contributed by atoms with Gasteiger partial charge in [0, 0.05) is 6.61 Å². The van der Waals surface area contributed by atoms with E-state index in [9.17, 15) is 5.11 Å². The lowest BCUT2D eigenvalue weighted by Gasteiger charge is -2.05. The van der Waals surface area contributed by atoms with Crippen LogP contribution >= 0.6 is 0 Å². The van der Waals surface area contributed by atoms with Gasteiger partial charge >= 0.3 is 0 Å². The minimum atomic E-state index is 0.119. The first-order valence-electron chi connectivity index (χ1n) is 4.54. The second kappa shape index (κ2) is 3.75. The summed E-state index contributed by atoms with van der Waals surface area (Å²) in [5.41, 5.74) is 0.781. The minimum absolute atomic E-state index is 0.119. The highest BCUT2D eigenvalue weighted by Crippen LogP contribution is 2.42. The number of phenols is 1. The van der Waals surface area contributed by atoms with Crippen LogP contribution in [0.25, 0.3) is 0 Å². The van der Waals surface area contributed by atoms with Crippen molar-refractivity contribution in [2.75, 3.05) is 13.4 Å². The summed E-state index contributed by atoms with van der Waals surface area (Å²) in [6.07, 6.45) is 1.27. The first-order chi connectivity index (χ1) is 6.83. The summed E-state index contributed by atoms with van der Waals surface area (Å²) < 4.78 is 10.2. The third-order valence-corrected chi connectivity index (χ3v) is 2.20. The molecule has 2 rings (SSSR count). The van der Waals surface area contributed by atoms with Gasteiger partial charge in [0.15, 0.2) is 11.5 Å². The van der Waals surface area contributed by atoms with Crippen LogP contribution in [0.15, 0.2) is 12.1 Å². The molecule has 0 saturated heterocycles. The first kappa shape index (κ1) is 9.15. The molecule has 0 aromatic heterocycles. The summed E-state index contributed by atoms with van der Waals surface area (Å²) in [6.45, 7) is 0.278. The van der Waals surface area contributed by atoms with E-state index in [4.69, 9.17) is 14.6 Å². The number of hydrogen-bond donors (Lipinski definition) is 2. The zero-order chi connectivity index (χ0) is 9.97. The fraction of sp³-hybridized carbons (Fsp3) is 0.400. The van der Waals surface area contributed by atoms with E-state index >= 15 is 0 Å². The molecule has 0 fully saturated rings. The quantitative estimate of drug-likeness (QED) is 0.758. The Morgan fingerprint density at radius 1 is 1.29 bits per heavy atom. The van der Waals surface area contributed by atoms with Gasteiger partial charge in [-0.3, -0.25) is 0 Å². The van der Waals surface area contributed by atoms with Crippen molar-refractivity contribution in [1.29, 1.82) is 0 Å². The molecule has 14 heavy (non-hydrogen) atoms. The van der Waals surface area contributed by atoms with E-state index in [0.29, 0.717) is 24.3 Å². The standard InChI is InChI=1S/C10H12O4/c11-5-1-2-7-3-4-8-10(9(7)12)14-6-13-8/h3-4,11-12H,1-2,5-6H2. The third kappa shape index (κ3) is 1.48. The second-order valence-corrected chi connectivity index (χ2v) is 3.13. The molecular weight excluding hydrogens is 184 g/mol. The molecule has 0 unspecified atom stereocenters. The van der Waals surface area contributed by atoms with Crippen molar-refractivity contribution < 1.29 is 19.7 Å². The Morgan fingerprint density at radius 3 is 2.93 bits per heavy atom. The molecule has 0 bridgehead atoms. The maximum atomic E-state index is 9.75. The maximum Gasteiger partial charge on any atom is 0.231 e. The predicted molar refractivity (Wildman–Crippen MR) is 49.6 cm³/mol. The van der Waals surface area contributed by atoms with Gasteiger partial charge in [0.2, 0.25) is 12.5 Å². The van der Waals surface area contributed by atoms with E-state index in [1.54, 1.807) is 12.1 Å². The van der Waals surface area contributed by atoms with Crippen molar-refractivity contribution in [3.8, 4) is 17.2 Å². The number of hydrogen-bond acceptors (Lipinski definition) is 4. The van der Waals surface area contributed by atoms with Crippen molar-refractivity contribution in [3.63, 3.8) is 0 Å². The second-order valence-electron chi connectivity index (χ2n) is 3.13. The zero-order valence-electron chi connectivity index (χ0n) is 7.69. The Bertz CT molecular complexity index is 335. The van der Waals surface area contributed by atoms with Crippen molar-refractivity contribution in [3.05, 3.63) is 17.7 Å². The van der Waals surface area contributed by atoms with Crippen LogP contribution in [0.4, 0.5) is 0 Å². The monoisotopic (exact) mass is 196 g/mol. The van der Waals surface area contributed by atoms with Gasteiger partial charge in [-0.15, -0.1) is 0 Å². The van der Waals surface area contributed by atoms with E-state index in [-0.39, 0.29) is 19.1 Å². The van der Waals surface area contributed by atoms with Crippen molar-refractivity contribution in [2.45, 2.75) is 12.8 Å². The average Bonchev–Trinajstić information content (AvgIpc) is 2.66. The molecule has 2 N–H and O–H groups in total. The maximum absolute atomic E-state index is 9.75. The SMILES string of the molecule is OCCCc1ccc2c(c1O)OCO2. The lowest BCUT2D eigenvalue weighted by atomic mass is 10.1. The van der Waals surface area contributed by atoms with E-state index in [0.717, 1.165) is 5.56 Å². The van der Waals surface area contributed by atoms with Crippen molar-refractivity contribution in [2.24, 2.45) is 0 Å². The van der Waals surface area contributed by atoms with Crippen LogP contribution in [-0.2, 0) is 6.42 Å². The summed E-state index contributed by atoms with van der Waals surface area (Å²) in [6, 6.07) is 3.56. The number of aryl methyl sites for hydroxylation is 1. The van der Waals surface area contributed by atoms with Crippen LogP contribution in [0, 0.1) is 0 Å². The van der Waals surface area contributed by atoms with Crippen LogP contribution in [0.3, 0.4) is 0 Å². The zero-order valence-corrected chi connectivity index (χ0v) is 7.69. The van der Waals surface area contributed by atoms with Gasteiger partial charge in [0.05, 0.1) is 0 Å². The van der Waals surface area contributed by atoms with Gasteiger partial charge in [0.1, 0.15) is 0 Å². The molecule has 4 heteroatoms. The van der Waals surface area contributed by atoms with Gasteiger partial charge in [-0.1, -0.05) is 6.07 Å². The normalized spacial score (nSPS) is 13.2. The fourth-order valence-electron chi connectivity index (χ4n) is 1.47. The molecule has 0 saturated carbocycles. The van der Waals surface area contributed by atoms with Crippen molar-refractivity contribution in [1.82, 2.24) is 0 Å². The van der Waals surface area contributed by atoms with E-state index in [1.165, 1.54) is 0 Å². The number of aromatic hydroxyl groups is 1. The Labute approximate surface area is 81.7 Å². The van der Waals surface area contributed by atoms with E-state index < -0.39 is 0 Å². The number of rotatable bonds is 3. The highest BCUT2D eigenvalue weighted by atomic mass is 16.7. The third-order valence-electron chi connectivity index (χ3n) is 2.20. The number of ether oxygens (including phenoxy) is 2. The molecule has 76 valence electrons. The molecule has 1 aliphatic rings. The van der Waals surface area contributed by atoms with Crippen molar-refractivity contribution >= 4 is 0 Å². The van der Waals surface area contributed by atoms with Gasteiger partial charge in [0.25, 0.3) is 0 Å². The topological polar surface area (TPSA) is 58.9 Å². The number of fused-ring (bicyclic) bond motifs is 1. The molecule has 0 aliphatic carbocycles. The Hall–Kier alpha value is -1.42. The fourth-order valence-corrected chi connectivity index (χ4v) is 1.47. The molecule has 0 amide bonds. The summed E-state index contributed by atoms with van der Waals surface area (Å²) in [7, 11) is 0. The highest BCUT2D eigenvalue weighted by molar-refractivity contribution is 5.56. The largest absolute Gasteiger partial charge is 0.504 e. The lowest BCUT2D eigenvalue weighted by Crippen LogP contribution is -1.93. The van der Waals surface area contributed by atoms with Crippen LogP contribution in [0.2, 0.25) is 0 Å². The minimum Gasteiger partial charge on any atom is -0.504 e. The van der Waals surface area contributed by atoms with Crippen LogP contribution in [0.5, 0.6) is 17.2 Å². The Morgan fingerprint density at radius 2 is 2.14 bits per heavy atom. The summed E-state index contributed by atoms with van der Waals surface area (Å²) in [4.78, 5) is 0. The lowest BCUT2D eigenvalue weighted by molar-refractivity contribution is 0.171. The molecule has 1 aliphatic heterocycles.